The van der Waals surface area contributed by atoms with E-state index in [1.54, 1.807) is 12.1 Å². The van der Waals surface area contributed by atoms with Gasteiger partial charge in [-0.1, -0.05) is 37.6 Å². The van der Waals surface area contributed by atoms with E-state index in [9.17, 15) is 13.2 Å². The predicted octanol–water partition coefficient (Wildman–Crippen LogP) is 3.35. The largest absolute Gasteiger partial charge is 0.490 e. The van der Waals surface area contributed by atoms with Crippen LogP contribution in [0.3, 0.4) is 0 Å². The van der Waals surface area contributed by atoms with Gasteiger partial charge in [0, 0.05) is 5.02 Å². The number of hydrogen-bond acceptors (Lipinski definition) is 5. The second-order valence-electron chi connectivity index (χ2n) is 6.31. The van der Waals surface area contributed by atoms with Crippen molar-refractivity contribution in [2.24, 2.45) is 11.1 Å². The summed E-state index contributed by atoms with van der Waals surface area (Å²) in [6.45, 7) is 4.12. The van der Waals surface area contributed by atoms with Crippen LogP contribution in [-0.2, 0) is 19.6 Å². The Morgan fingerprint density at radius 3 is 2.15 bits per heavy atom. The first-order valence-corrected chi connectivity index (χ1v) is 10.3. The maximum absolute atomic E-state index is 12.4. The number of ether oxygens (including phenoxy) is 2. The molecular weight excluding hydrogens is 390 g/mol. The maximum Gasteiger partial charge on any atom is 0.313 e. The van der Waals surface area contributed by atoms with E-state index in [0.717, 1.165) is 5.56 Å². The number of nitrogens with two attached hydrogens (primary N) is 1. The van der Waals surface area contributed by atoms with Crippen molar-refractivity contribution in [3.8, 4) is 5.75 Å². The highest BCUT2D eigenvalue weighted by Crippen LogP contribution is 2.27. The Hall–Kier alpha value is -2.09. The first-order valence-electron chi connectivity index (χ1n) is 8.36. The van der Waals surface area contributed by atoms with Gasteiger partial charge in [0.15, 0.2) is 0 Å². The summed E-state index contributed by atoms with van der Waals surface area (Å²) in [5.74, 6) is -0.210. The number of carbonyl (C=O) groups is 1. The van der Waals surface area contributed by atoms with E-state index in [4.69, 9.17) is 26.2 Å². The lowest BCUT2D eigenvalue weighted by Gasteiger charge is -2.20. The minimum absolute atomic E-state index is 0.00372. The quantitative estimate of drug-likeness (QED) is 0.530. The van der Waals surface area contributed by atoms with Crippen LogP contribution in [0.1, 0.15) is 25.3 Å². The fraction of sp³-hybridized carbons (Fsp3) is 0.316. The van der Waals surface area contributed by atoms with Crippen molar-refractivity contribution in [3.63, 3.8) is 0 Å². The first-order chi connectivity index (χ1) is 12.7. The molecule has 8 heteroatoms. The zero-order chi connectivity index (χ0) is 20.0. The maximum atomic E-state index is 12.4. The van der Waals surface area contributed by atoms with Crippen molar-refractivity contribution < 1.29 is 22.7 Å². The molecule has 0 heterocycles. The van der Waals surface area contributed by atoms with E-state index in [2.05, 4.69) is 0 Å². The lowest BCUT2D eigenvalue weighted by atomic mass is 9.88. The van der Waals surface area contributed by atoms with Gasteiger partial charge in [-0.05, 0) is 47.9 Å². The molecule has 0 unspecified atom stereocenters. The zero-order valence-electron chi connectivity index (χ0n) is 15.1. The van der Waals surface area contributed by atoms with Gasteiger partial charge in [-0.25, -0.2) is 13.6 Å². The Bertz CT molecular complexity index is 864. The van der Waals surface area contributed by atoms with Crippen molar-refractivity contribution in [3.05, 3.63) is 59.1 Å². The minimum Gasteiger partial charge on any atom is -0.490 e. The van der Waals surface area contributed by atoms with Crippen LogP contribution < -0.4 is 9.88 Å². The summed E-state index contributed by atoms with van der Waals surface area (Å²) in [6.07, 6.45) is 0. The summed E-state index contributed by atoms with van der Waals surface area (Å²) in [4.78, 5) is 12.4. The standard InChI is InChI=1S/C19H22ClNO5S/c1-13(2)18(14-3-5-15(20)6-4-14)19(22)26-12-11-25-16-7-9-17(10-8-16)27(21,23)24/h3-10,13,18H,11-12H2,1-2H3,(H2,21,23,24)/t18-/m1/s1. The van der Waals surface area contributed by atoms with Crippen LogP contribution >= 0.6 is 11.6 Å². The Labute approximate surface area is 164 Å². The molecule has 0 aliphatic heterocycles. The van der Waals surface area contributed by atoms with Gasteiger partial charge in [-0.3, -0.25) is 4.79 Å². The second-order valence-corrected chi connectivity index (χ2v) is 8.30. The predicted molar refractivity (Wildman–Crippen MR) is 103 cm³/mol. The molecule has 0 radical (unpaired) electrons. The fourth-order valence-electron chi connectivity index (χ4n) is 2.58. The third kappa shape index (κ3) is 6.23. The molecule has 0 bridgehead atoms. The Kier molecular flexibility index (Phi) is 7.24. The van der Waals surface area contributed by atoms with E-state index in [1.807, 2.05) is 26.0 Å². The van der Waals surface area contributed by atoms with E-state index < -0.39 is 15.9 Å². The highest BCUT2D eigenvalue weighted by atomic mass is 35.5. The van der Waals surface area contributed by atoms with Crippen molar-refractivity contribution in [2.45, 2.75) is 24.7 Å². The molecule has 2 aromatic rings. The molecule has 2 aromatic carbocycles. The molecule has 0 aliphatic carbocycles. The van der Waals surface area contributed by atoms with Crippen LogP contribution in [0.15, 0.2) is 53.4 Å². The third-order valence-electron chi connectivity index (χ3n) is 3.90. The van der Waals surface area contributed by atoms with Gasteiger partial charge in [0.2, 0.25) is 10.0 Å². The molecule has 0 spiro atoms. The molecule has 1 atom stereocenters. The number of halogens is 1. The summed E-state index contributed by atoms with van der Waals surface area (Å²) in [5, 5.41) is 5.65. The van der Waals surface area contributed by atoms with Gasteiger partial charge in [0.25, 0.3) is 0 Å². The number of esters is 1. The van der Waals surface area contributed by atoms with Gasteiger partial charge in [-0.15, -0.1) is 0 Å². The van der Waals surface area contributed by atoms with Crippen LogP contribution in [0.2, 0.25) is 5.02 Å². The second kappa shape index (κ2) is 9.21. The molecule has 0 aliphatic rings. The zero-order valence-corrected chi connectivity index (χ0v) is 16.7. The van der Waals surface area contributed by atoms with Gasteiger partial charge < -0.3 is 9.47 Å². The van der Waals surface area contributed by atoms with Crippen molar-refractivity contribution in [1.82, 2.24) is 0 Å². The number of benzene rings is 2. The van der Waals surface area contributed by atoms with E-state index >= 15 is 0 Å². The molecule has 0 fully saturated rings. The van der Waals surface area contributed by atoms with E-state index in [-0.39, 0.29) is 30.0 Å². The molecule has 0 amide bonds. The Balaban J connectivity index is 1.88. The molecule has 0 saturated heterocycles. The number of carbonyl (C=O) groups excluding carboxylic acids is 1. The van der Waals surface area contributed by atoms with Crippen LogP contribution in [0, 0.1) is 5.92 Å². The summed E-state index contributed by atoms with van der Waals surface area (Å²) in [5.41, 5.74) is 0.846. The highest BCUT2D eigenvalue weighted by molar-refractivity contribution is 7.89. The average molecular weight is 412 g/mol. The summed E-state index contributed by atoms with van der Waals surface area (Å²) < 4.78 is 33.2. The summed E-state index contributed by atoms with van der Waals surface area (Å²) in [7, 11) is -3.74. The molecule has 0 aromatic heterocycles. The van der Waals surface area contributed by atoms with E-state index in [1.165, 1.54) is 24.3 Å². The van der Waals surface area contributed by atoms with Gasteiger partial charge >= 0.3 is 5.97 Å². The first kappa shape index (κ1) is 21.2. The molecule has 27 heavy (non-hydrogen) atoms. The van der Waals surface area contributed by atoms with Crippen LogP contribution in [0.25, 0.3) is 0 Å². The molecule has 146 valence electrons. The number of rotatable bonds is 8. The number of primary sulfonamides is 1. The molecule has 0 saturated carbocycles. The molecule has 6 nitrogen and oxygen atoms in total. The van der Waals surface area contributed by atoms with Gasteiger partial charge in [0.1, 0.15) is 19.0 Å². The van der Waals surface area contributed by atoms with Gasteiger partial charge in [0.05, 0.1) is 10.8 Å². The average Bonchev–Trinajstić information content (AvgIpc) is 2.60. The molecule has 2 N–H and O–H groups in total. The monoisotopic (exact) mass is 411 g/mol. The lowest BCUT2D eigenvalue weighted by molar-refractivity contribution is -0.147. The topological polar surface area (TPSA) is 95.7 Å². The van der Waals surface area contributed by atoms with Crippen molar-refractivity contribution in [1.29, 1.82) is 0 Å². The molecular formula is C19H22ClNO5S. The van der Waals surface area contributed by atoms with Gasteiger partial charge in [-0.2, -0.15) is 0 Å². The normalized spacial score (nSPS) is 12.6. The smallest absolute Gasteiger partial charge is 0.313 e. The van der Waals surface area contributed by atoms with Crippen LogP contribution in [0.5, 0.6) is 5.75 Å². The minimum atomic E-state index is -3.74. The lowest BCUT2D eigenvalue weighted by Crippen LogP contribution is -2.23. The number of sulfonamides is 1. The van der Waals surface area contributed by atoms with Crippen molar-refractivity contribution in [2.75, 3.05) is 13.2 Å². The highest BCUT2D eigenvalue weighted by Gasteiger charge is 2.25. The van der Waals surface area contributed by atoms with Crippen molar-refractivity contribution >= 4 is 27.6 Å². The van der Waals surface area contributed by atoms with Crippen LogP contribution in [-0.4, -0.2) is 27.6 Å². The molecule has 2 rings (SSSR count). The summed E-state index contributed by atoms with van der Waals surface area (Å²) in [6, 6.07) is 12.8. The van der Waals surface area contributed by atoms with E-state index in [0.29, 0.717) is 10.8 Å². The Morgan fingerprint density at radius 2 is 1.63 bits per heavy atom. The number of hydrogen-bond donors (Lipinski definition) is 1. The third-order valence-corrected chi connectivity index (χ3v) is 5.08. The fourth-order valence-corrected chi connectivity index (χ4v) is 3.22. The SMILES string of the molecule is CC(C)[C@@H](C(=O)OCCOc1ccc(S(N)(=O)=O)cc1)c1ccc(Cl)cc1. The van der Waals surface area contributed by atoms with Crippen LogP contribution in [0.4, 0.5) is 0 Å². The summed E-state index contributed by atoms with van der Waals surface area (Å²) >= 11 is 5.90. The Morgan fingerprint density at radius 1 is 1.04 bits per heavy atom.